The zero-order chi connectivity index (χ0) is 11.4. The van der Waals surface area contributed by atoms with E-state index in [-0.39, 0.29) is 18.5 Å². The number of pyridine rings is 1. The highest BCUT2D eigenvalue weighted by molar-refractivity contribution is 5.78. The molecule has 1 amide bonds. The molecule has 86 valence electrons. The number of carbonyl (C=O) groups excluding carboxylic acids is 1. The van der Waals surface area contributed by atoms with Crippen molar-refractivity contribution in [3.05, 3.63) is 30.1 Å². The van der Waals surface area contributed by atoms with Gasteiger partial charge in [-0.2, -0.15) is 0 Å². The molecule has 4 heteroatoms. The molecule has 1 aromatic rings. The number of amides is 1. The summed E-state index contributed by atoms with van der Waals surface area (Å²) < 4.78 is 0. The first kappa shape index (κ1) is 11.1. The molecule has 0 saturated carbocycles. The van der Waals surface area contributed by atoms with Crippen LogP contribution < -0.4 is 5.73 Å². The summed E-state index contributed by atoms with van der Waals surface area (Å²) in [5.74, 6) is 0.0357. The molecule has 0 unspecified atom stereocenters. The Labute approximate surface area is 95.5 Å². The van der Waals surface area contributed by atoms with Crippen molar-refractivity contribution in [1.29, 1.82) is 0 Å². The van der Waals surface area contributed by atoms with Crippen LogP contribution in [0.15, 0.2) is 24.5 Å². The van der Waals surface area contributed by atoms with Crippen LogP contribution in [-0.4, -0.2) is 28.9 Å². The molecule has 2 rings (SSSR count). The lowest BCUT2D eigenvalue weighted by molar-refractivity contribution is -0.133. The van der Waals surface area contributed by atoms with Crippen molar-refractivity contribution in [3.63, 3.8) is 0 Å². The summed E-state index contributed by atoms with van der Waals surface area (Å²) in [6.07, 6.45) is 6.84. The van der Waals surface area contributed by atoms with E-state index in [1.54, 1.807) is 6.20 Å². The number of aromatic nitrogens is 1. The van der Waals surface area contributed by atoms with Crippen LogP contribution >= 0.6 is 0 Å². The number of hydrogen-bond donors (Lipinski definition) is 1. The number of piperidine rings is 1. The minimum atomic E-state index is 0.0357. The summed E-state index contributed by atoms with van der Waals surface area (Å²) in [7, 11) is 0. The van der Waals surface area contributed by atoms with E-state index < -0.39 is 0 Å². The van der Waals surface area contributed by atoms with E-state index in [0.717, 1.165) is 31.4 Å². The molecule has 0 spiro atoms. The predicted octanol–water partition coefficient (Wildman–Crippen LogP) is 1.09. The number of carbonyl (C=O) groups is 1. The van der Waals surface area contributed by atoms with Crippen molar-refractivity contribution in [2.24, 2.45) is 5.73 Å². The molecule has 0 aromatic carbocycles. The molecule has 2 N–H and O–H groups in total. The lowest BCUT2D eigenvalue weighted by atomic mass is 9.96. The molecule has 1 atom stereocenters. The summed E-state index contributed by atoms with van der Waals surface area (Å²) in [6.45, 7) is 0.909. The Kier molecular flexibility index (Phi) is 3.51. The zero-order valence-electron chi connectivity index (χ0n) is 9.30. The minimum Gasteiger partial charge on any atom is -0.335 e. The zero-order valence-corrected chi connectivity index (χ0v) is 9.30. The minimum absolute atomic E-state index is 0.0357. The maximum Gasteiger partial charge on any atom is 0.236 e. The van der Waals surface area contributed by atoms with Gasteiger partial charge in [0.2, 0.25) is 5.91 Å². The molecule has 1 aromatic heterocycles. The molecular weight excluding hydrogens is 202 g/mol. The SMILES string of the molecule is NCC(=O)N1CCCC[C@@H]1c1cccnc1. The Hall–Kier alpha value is -1.42. The molecular formula is C12H17N3O. The van der Waals surface area contributed by atoms with E-state index in [1.807, 2.05) is 23.2 Å². The van der Waals surface area contributed by atoms with E-state index in [4.69, 9.17) is 5.73 Å². The largest absolute Gasteiger partial charge is 0.335 e. The van der Waals surface area contributed by atoms with Crippen molar-refractivity contribution in [1.82, 2.24) is 9.88 Å². The first-order valence-corrected chi connectivity index (χ1v) is 5.72. The first-order chi connectivity index (χ1) is 7.83. The summed E-state index contributed by atoms with van der Waals surface area (Å²) in [6, 6.07) is 4.10. The molecule has 2 heterocycles. The fourth-order valence-corrected chi connectivity index (χ4v) is 2.27. The molecule has 0 bridgehead atoms. The third-order valence-corrected chi connectivity index (χ3v) is 3.07. The van der Waals surface area contributed by atoms with Crippen LogP contribution in [0.2, 0.25) is 0 Å². The van der Waals surface area contributed by atoms with Gasteiger partial charge in [0.05, 0.1) is 12.6 Å². The molecule has 0 aliphatic carbocycles. The van der Waals surface area contributed by atoms with Gasteiger partial charge in [-0.25, -0.2) is 0 Å². The van der Waals surface area contributed by atoms with Crippen molar-refractivity contribution >= 4 is 5.91 Å². The van der Waals surface area contributed by atoms with Gasteiger partial charge in [0.25, 0.3) is 0 Å². The summed E-state index contributed by atoms with van der Waals surface area (Å²) >= 11 is 0. The fourth-order valence-electron chi connectivity index (χ4n) is 2.27. The van der Waals surface area contributed by atoms with E-state index >= 15 is 0 Å². The van der Waals surface area contributed by atoms with E-state index in [9.17, 15) is 4.79 Å². The summed E-state index contributed by atoms with van der Waals surface area (Å²) in [4.78, 5) is 17.7. The van der Waals surface area contributed by atoms with Gasteiger partial charge in [-0.1, -0.05) is 6.07 Å². The normalized spacial score (nSPS) is 20.8. The highest BCUT2D eigenvalue weighted by Gasteiger charge is 2.26. The second kappa shape index (κ2) is 5.07. The monoisotopic (exact) mass is 219 g/mol. The van der Waals surface area contributed by atoms with E-state index in [0.29, 0.717) is 0 Å². The second-order valence-corrected chi connectivity index (χ2v) is 4.09. The van der Waals surface area contributed by atoms with Crippen LogP contribution in [0.3, 0.4) is 0 Å². The lowest BCUT2D eigenvalue weighted by Crippen LogP contribution is -2.41. The van der Waals surface area contributed by atoms with Crippen LogP contribution in [0.4, 0.5) is 0 Å². The molecule has 4 nitrogen and oxygen atoms in total. The van der Waals surface area contributed by atoms with Gasteiger partial charge in [0, 0.05) is 18.9 Å². The number of likely N-dealkylation sites (tertiary alicyclic amines) is 1. The van der Waals surface area contributed by atoms with Crippen LogP contribution in [0.1, 0.15) is 30.9 Å². The molecule has 1 aliphatic rings. The summed E-state index contributed by atoms with van der Waals surface area (Å²) in [5, 5.41) is 0. The highest BCUT2D eigenvalue weighted by Crippen LogP contribution is 2.30. The van der Waals surface area contributed by atoms with Crippen LogP contribution in [0.25, 0.3) is 0 Å². The topological polar surface area (TPSA) is 59.2 Å². The molecule has 1 fully saturated rings. The number of nitrogens with zero attached hydrogens (tertiary/aromatic N) is 2. The third kappa shape index (κ3) is 2.22. The Morgan fingerprint density at radius 2 is 2.44 bits per heavy atom. The van der Waals surface area contributed by atoms with Gasteiger partial charge in [0.15, 0.2) is 0 Å². The average molecular weight is 219 g/mol. The quantitative estimate of drug-likeness (QED) is 0.810. The molecule has 0 radical (unpaired) electrons. The molecule has 16 heavy (non-hydrogen) atoms. The Bertz CT molecular complexity index is 353. The second-order valence-electron chi connectivity index (χ2n) is 4.09. The third-order valence-electron chi connectivity index (χ3n) is 3.07. The maximum atomic E-state index is 11.7. The Morgan fingerprint density at radius 3 is 3.12 bits per heavy atom. The van der Waals surface area contributed by atoms with Crippen LogP contribution in [0, 0.1) is 0 Å². The van der Waals surface area contributed by atoms with Crippen molar-refractivity contribution < 1.29 is 4.79 Å². The maximum absolute atomic E-state index is 11.7. The lowest BCUT2D eigenvalue weighted by Gasteiger charge is -2.35. The van der Waals surface area contributed by atoms with E-state index in [2.05, 4.69) is 4.98 Å². The summed E-state index contributed by atoms with van der Waals surface area (Å²) in [5.41, 5.74) is 6.55. The standard InChI is InChI=1S/C12H17N3O/c13-8-12(16)15-7-2-1-5-11(15)10-4-3-6-14-9-10/h3-4,6,9,11H,1-2,5,7-8,13H2/t11-/m1/s1. The van der Waals surface area contributed by atoms with Gasteiger partial charge in [0.1, 0.15) is 0 Å². The number of rotatable bonds is 2. The van der Waals surface area contributed by atoms with E-state index in [1.165, 1.54) is 0 Å². The van der Waals surface area contributed by atoms with Crippen LogP contribution in [-0.2, 0) is 4.79 Å². The molecule has 1 saturated heterocycles. The van der Waals surface area contributed by atoms with Gasteiger partial charge in [-0.05, 0) is 30.9 Å². The highest BCUT2D eigenvalue weighted by atomic mass is 16.2. The van der Waals surface area contributed by atoms with Gasteiger partial charge < -0.3 is 10.6 Å². The first-order valence-electron chi connectivity index (χ1n) is 5.72. The van der Waals surface area contributed by atoms with Crippen molar-refractivity contribution in [2.45, 2.75) is 25.3 Å². The number of hydrogen-bond acceptors (Lipinski definition) is 3. The Morgan fingerprint density at radius 1 is 1.56 bits per heavy atom. The average Bonchev–Trinajstić information content (AvgIpc) is 2.39. The van der Waals surface area contributed by atoms with Crippen molar-refractivity contribution in [3.8, 4) is 0 Å². The number of nitrogens with two attached hydrogens (primary N) is 1. The van der Waals surface area contributed by atoms with Crippen LogP contribution in [0.5, 0.6) is 0 Å². The smallest absolute Gasteiger partial charge is 0.236 e. The van der Waals surface area contributed by atoms with Crippen molar-refractivity contribution in [2.75, 3.05) is 13.1 Å². The van der Waals surface area contributed by atoms with Gasteiger partial charge >= 0.3 is 0 Å². The predicted molar refractivity (Wildman–Crippen MR) is 61.6 cm³/mol. The van der Waals surface area contributed by atoms with Gasteiger partial charge in [-0.3, -0.25) is 9.78 Å². The molecule has 1 aliphatic heterocycles. The fraction of sp³-hybridized carbons (Fsp3) is 0.500. The van der Waals surface area contributed by atoms with Gasteiger partial charge in [-0.15, -0.1) is 0 Å². The Balaban J connectivity index is 2.20.